The van der Waals surface area contributed by atoms with E-state index in [0.717, 1.165) is 0 Å². The third-order valence-electron chi connectivity index (χ3n) is 14.4. The fourth-order valence-electron chi connectivity index (χ4n) is 12.2. The summed E-state index contributed by atoms with van der Waals surface area (Å²) in [6, 6.07) is 86.6. The molecule has 0 unspecified atom stereocenters. The molecule has 0 amide bonds. The van der Waals surface area contributed by atoms with E-state index in [0.29, 0.717) is 0 Å². The molecule has 2 aliphatic rings. The molecule has 0 saturated carbocycles. The Labute approximate surface area is 366 Å². The zero-order valence-electron chi connectivity index (χ0n) is 34.4. The molecular formula is C63H38. The Bertz CT molecular complexity index is 3800. The number of fused-ring (bicyclic) bond motifs is 19. The van der Waals surface area contributed by atoms with Gasteiger partial charge in [0.15, 0.2) is 0 Å². The van der Waals surface area contributed by atoms with Gasteiger partial charge >= 0.3 is 0 Å². The van der Waals surface area contributed by atoms with Crippen molar-refractivity contribution in [2.45, 2.75) is 5.41 Å². The molecule has 0 nitrogen and oxygen atoms in total. The smallest absolute Gasteiger partial charge is 0.0622 e. The summed E-state index contributed by atoms with van der Waals surface area (Å²) in [4.78, 5) is 0. The molecule has 0 N–H and O–H groups in total. The van der Waals surface area contributed by atoms with Gasteiger partial charge in [0.05, 0.1) is 5.41 Å². The highest BCUT2D eigenvalue weighted by atomic mass is 14.5. The molecule has 0 saturated heterocycles. The van der Waals surface area contributed by atoms with Crippen molar-refractivity contribution < 1.29 is 0 Å². The highest BCUT2D eigenvalue weighted by molar-refractivity contribution is 6.27. The molecule has 0 fully saturated rings. The second-order valence-electron chi connectivity index (χ2n) is 17.3. The Balaban J connectivity index is 1.18. The normalized spacial score (nSPS) is 13.2. The maximum atomic E-state index is 2.60. The Morgan fingerprint density at radius 1 is 0.206 bits per heavy atom. The maximum Gasteiger partial charge on any atom is 0.0737 e. The summed E-state index contributed by atoms with van der Waals surface area (Å²) in [5.41, 5.74) is 17.8. The first kappa shape index (κ1) is 34.6. The molecule has 0 atom stereocenters. The van der Waals surface area contributed by atoms with E-state index in [-0.39, 0.29) is 0 Å². The van der Waals surface area contributed by atoms with Crippen molar-refractivity contribution in [3.8, 4) is 55.6 Å². The average molecular weight is 795 g/mol. The lowest BCUT2D eigenvalue weighted by Gasteiger charge is -2.33. The van der Waals surface area contributed by atoms with Crippen LogP contribution >= 0.6 is 0 Å². The molecule has 2 aliphatic carbocycles. The van der Waals surface area contributed by atoms with Crippen molar-refractivity contribution in [1.82, 2.24) is 0 Å². The summed E-state index contributed by atoms with van der Waals surface area (Å²) in [5, 5.41) is 12.8. The monoisotopic (exact) mass is 794 g/mol. The summed E-state index contributed by atoms with van der Waals surface area (Å²) in [7, 11) is 0. The Morgan fingerprint density at radius 3 is 1.13 bits per heavy atom. The van der Waals surface area contributed by atoms with Gasteiger partial charge in [-0.3, -0.25) is 0 Å². The number of benzene rings is 12. The van der Waals surface area contributed by atoms with Crippen molar-refractivity contribution in [1.29, 1.82) is 0 Å². The summed E-state index contributed by atoms with van der Waals surface area (Å²) in [5.74, 6) is 0. The van der Waals surface area contributed by atoms with Crippen molar-refractivity contribution in [2.24, 2.45) is 0 Å². The van der Waals surface area contributed by atoms with Crippen LogP contribution in [0.15, 0.2) is 231 Å². The third-order valence-corrected chi connectivity index (χ3v) is 14.4. The molecule has 12 aromatic rings. The third kappa shape index (κ3) is 4.49. The lowest BCUT2D eigenvalue weighted by molar-refractivity contribution is 0.809. The number of hydrogen-bond donors (Lipinski definition) is 0. The maximum absolute atomic E-state index is 2.60. The van der Waals surface area contributed by atoms with Gasteiger partial charge in [0.1, 0.15) is 0 Å². The quantitative estimate of drug-likeness (QED) is 0.123. The lowest BCUT2D eigenvalue weighted by atomic mass is 9.68. The molecule has 0 bridgehead atoms. The molecule has 0 heteroatoms. The van der Waals surface area contributed by atoms with Gasteiger partial charge in [-0.15, -0.1) is 0 Å². The Hall–Kier alpha value is -8.06. The Morgan fingerprint density at radius 2 is 0.571 bits per heavy atom. The van der Waals surface area contributed by atoms with Gasteiger partial charge in [-0.1, -0.05) is 224 Å². The van der Waals surface area contributed by atoms with Crippen LogP contribution in [-0.2, 0) is 5.41 Å². The highest BCUT2D eigenvalue weighted by Gasteiger charge is 2.54. The molecule has 0 radical (unpaired) electrons. The molecule has 12 aromatic carbocycles. The van der Waals surface area contributed by atoms with Crippen LogP contribution in [0.1, 0.15) is 22.3 Å². The molecule has 0 heterocycles. The molecule has 0 aliphatic heterocycles. The minimum absolute atomic E-state index is 0.533. The summed E-state index contributed by atoms with van der Waals surface area (Å²) in [6.45, 7) is 0. The minimum Gasteiger partial charge on any atom is -0.0622 e. The largest absolute Gasteiger partial charge is 0.0737 e. The van der Waals surface area contributed by atoms with E-state index in [1.54, 1.807) is 0 Å². The average Bonchev–Trinajstić information content (AvgIpc) is 3.84. The second-order valence-corrected chi connectivity index (χ2v) is 17.3. The van der Waals surface area contributed by atoms with Crippen molar-refractivity contribution >= 4 is 53.9 Å². The van der Waals surface area contributed by atoms with Gasteiger partial charge < -0.3 is 0 Å². The van der Waals surface area contributed by atoms with Crippen LogP contribution < -0.4 is 0 Å². The van der Waals surface area contributed by atoms with Crippen LogP contribution in [0.2, 0.25) is 0 Å². The summed E-state index contributed by atoms with van der Waals surface area (Å²) in [6.07, 6.45) is 0. The zero-order valence-corrected chi connectivity index (χ0v) is 34.4. The molecule has 14 rings (SSSR count). The van der Waals surface area contributed by atoms with E-state index in [4.69, 9.17) is 0 Å². The predicted molar refractivity (Wildman–Crippen MR) is 267 cm³/mol. The van der Waals surface area contributed by atoms with Crippen molar-refractivity contribution in [3.05, 3.63) is 253 Å². The van der Waals surface area contributed by atoms with Gasteiger partial charge in [0.25, 0.3) is 0 Å². The first-order chi connectivity index (χ1) is 31.3. The van der Waals surface area contributed by atoms with E-state index in [9.17, 15) is 0 Å². The van der Waals surface area contributed by atoms with Gasteiger partial charge in [-0.2, -0.15) is 0 Å². The van der Waals surface area contributed by atoms with E-state index >= 15 is 0 Å². The van der Waals surface area contributed by atoms with Crippen LogP contribution in [0.4, 0.5) is 0 Å². The fourth-order valence-corrected chi connectivity index (χ4v) is 12.2. The van der Waals surface area contributed by atoms with Crippen LogP contribution in [0, 0.1) is 0 Å². The van der Waals surface area contributed by atoms with Crippen LogP contribution in [0.25, 0.3) is 109 Å². The molecular weight excluding hydrogens is 757 g/mol. The fraction of sp³-hybridized carbons (Fsp3) is 0.0159. The van der Waals surface area contributed by atoms with Gasteiger partial charge in [-0.05, 0) is 138 Å². The predicted octanol–water partition coefficient (Wildman–Crippen LogP) is 16.8. The van der Waals surface area contributed by atoms with Crippen molar-refractivity contribution in [3.63, 3.8) is 0 Å². The van der Waals surface area contributed by atoms with Gasteiger partial charge in [0.2, 0.25) is 0 Å². The van der Waals surface area contributed by atoms with E-state index in [1.807, 2.05) is 0 Å². The first-order valence-corrected chi connectivity index (χ1v) is 22.1. The highest BCUT2D eigenvalue weighted by Crippen LogP contribution is 2.67. The molecule has 0 aromatic heterocycles. The van der Waals surface area contributed by atoms with Crippen LogP contribution in [0.5, 0.6) is 0 Å². The SMILES string of the molecule is c1ccc(-c2ccccc2-c2c3ccccc3c(-c3cc4c(c5ccccc35)C3(c5ccccc5-c5ccccc53)c3c-4c4ccccc4c4ccccc34)c3ccccc23)cc1. The summed E-state index contributed by atoms with van der Waals surface area (Å²) >= 11 is 0. The number of rotatable bonds is 3. The van der Waals surface area contributed by atoms with Gasteiger partial charge in [-0.25, -0.2) is 0 Å². The summed E-state index contributed by atoms with van der Waals surface area (Å²) < 4.78 is 0. The van der Waals surface area contributed by atoms with E-state index in [1.165, 1.54) is 132 Å². The zero-order chi connectivity index (χ0) is 41.2. The Kier molecular flexibility index (Phi) is 7.13. The van der Waals surface area contributed by atoms with Crippen molar-refractivity contribution in [2.75, 3.05) is 0 Å². The second kappa shape index (κ2) is 13.0. The molecule has 63 heavy (non-hydrogen) atoms. The standard InChI is InChI=1S/C63H38/c1-2-20-39(21-3-1)40-22-4-8-28-46(40)58-48-30-10-12-32-50(48)59(51-33-13-11-31-49(51)58)54-38-55-60-47-29-9-5-23-41(47)42-24-6-15-35-53(42)62(60)63(61(55)52-34-14-7-25-43(52)54)56-36-18-16-26-44(56)45-27-17-19-37-57(45)63/h1-38H. The van der Waals surface area contributed by atoms with E-state index < -0.39 is 5.41 Å². The first-order valence-electron chi connectivity index (χ1n) is 22.1. The van der Waals surface area contributed by atoms with Gasteiger partial charge in [0, 0.05) is 0 Å². The molecule has 290 valence electrons. The van der Waals surface area contributed by atoms with Crippen LogP contribution in [0.3, 0.4) is 0 Å². The number of hydrogen-bond acceptors (Lipinski definition) is 0. The van der Waals surface area contributed by atoms with E-state index in [2.05, 4.69) is 231 Å². The van der Waals surface area contributed by atoms with Crippen LogP contribution in [-0.4, -0.2) is 0 Å². The lowest BCUT2D eigenvalue weighted by Crippen LogP contribution is -2.26. The minimum atomic E-state index is -0.533. The molecule has 1 spiro atoms. The topological polar surface area (TPSA) is 0 Å².